The van der Waals surface area contributed by atoms with E-state index >= 15 is 0 Å². The lowest BCUT2D eigenvalue weighted by Gasteiger charge is -2.26. The summed E-state index contributed by atoms with van der Waals surface area (Å²) in [6.45, 7) is 4.87. The number of carbonyl (C=O) groups is 1. The lowest BCUT2D eigenvalue weighted by Crippen LogP contribution is -2.50. The molecule has 0 aliphatic carbocycles. The van der Waals surface area contributed by atoms with Crippen LogP contribution in [0, 0.1) is 6.92 Å². The Labute approximate surface area is 102 Å². The molecule has 2 heterocycles. The van der Waals surface area contributed by atoms with Crippen LogP contribution in [-0.2, 0) is 11.8 Å². The molecule has 1 aliphatic rings. The minimum atomic E-state index is -0.387. The summed E-state index contributed by atoms with van der Waals surface area (Å²) in [7, 11) is 1.85. The summed E-state index contributed by atoms with van der Waals surface area (Å²) in [5.74, 6) is 0.0635. The third-order valence-electron chi connectivity index (χ3n) is 3.54. The molecule has 1 aromatic rings. The number of amides is 1. The van der Waals surface area contributed by atoms with Crippen LogP contribution in [-0.4, -0.2) is 27.8 Å². The smallest absolute Gasteiger partial charge is 0.244 e. The molecule has 1 atom stereocenters. The molecule has 0 bridgehead atoms. The van der Waals surface area contributed by atoms with E-state index in [0.29, 0.717) is 0 Å². The van der Waals surface area contributed by atoms with Gasteiger partial charge in [0.05, 0.1) is 16.9 Å². The second kappa shape index (κ2) is 4.49. The number of aryl methyl sites for hydroxylation is 2. The van der Waals surface area contributed by atoms with Gasteiger partial charge in [-0.05, 0) is 32.7 Å². The first-order valence-corrected chi connectivity index (χ1v) is 6.14. The van der Waals surface area contributed by atoms with Crippen LogP contribution < -0.4 is 10.6 Å². The Morgan fingerprint density at radius 2 is 2.47 bits per heavy atom. The van der Waals surface area contributed by atoms with Crippen molar-refractivity contribution in [2.75, 3.05) is 11.9 Å². The minimum absolute atomic E-state index is 0.0635. The SMILES string of the molecule is CCC1(C(=O)Nc2cn(C)nc2C)CCCN1. The van der Waals surface area contributed by atoms with Crippen molar-refractivity contribution in [3.8, 4) is 0 Å². The molecule has 5 nitrogen and oxygen atoms in total. The molecule has 2 rings (SSSR count). The number of hydrogen-bond donors (Lipinski definition) is 2. The molecule has 1 aliphatic heterocycles. The zero-order valence-corrected chi connectivity index (χ0v) is 10.7. The number of nitrogens with one attached hydrogen (secondary N) is 2. The highest BCUT2D eigenvalue weighted by Crippen LogP contribution is 2.25. The van der Waals surface area contributed by atoms with E-state index in [1.807, 2.05) is 27.1 Å². The maximum Gasteiger partial charge on any atom is 0.244 e. The second-order valence-corrected chi connectivity index (χ2v) is 4.72. The van der Waals surface area contributed by atoms with Gasteiger partial charge in [0.1, 0.15) is 0 Å². The Bertz CT molecular complexity index is 418. The van der Waals surface area contributed by atoms with E-state index in [4.69, 9.17) is 0 Å². The summed E-state index contributed by atoms with van der Waals surface area (Å²) in [4.78, 5) is 12.3. The number of hydrogen-bond acceptors (Lipinski definition) is 3. The lowest BCUT2D eigenvalue weighted by atomic mass is 9.93. The summed E-state index contributed by atoms with van der Waals surface area (Å²) >= 11 is 0. The summed E-state index contributed by atoms with van der Waals surface area (Å²) in [6.07, 6.45) is 4.63. The molecule has 1 aromatic heterocycles. The number of aromatic nitrogens is 2. The zero-order valence-electron chi connectivity index (χ0n) is 10.7. The fourth-order valence-electron chi connectivity index (χ4n) is 2.43. The van der Waals surface area contributed by atoms with Crippen LogP contribution in [0.2, 0.25) is 0 Å². The summed E-state index contributed by atoms with van der Waals surface area (Å²) in [5.41, 5.74) is 1.27. The van der Waals surface area contributed by atoms with Crippen molar-refractivity contribution < 1.29 is 4.79 Å². The maximum absolute atomic E-state index is 12.3. The van der Waals surface area contributed by atoms with Crippen molar-refractivity contribution in [2.24, 2.45) is 7.05 Å². The summed E-state index contributed by atoms with van der Waals surface area (Å²) < 4.78 is 1.71. The van der Waals surface area contributed by atoms with Gasteiger partial charge in [-0.1, -0.05) is 6.92 Å². The van der Waals surface area contributed by atoms with Crippen molar-refractivity contribution >= 4 is 11.6 Å². The zero-order chi connectivity index (χ0) is 12.5. The van der Waals surface area contributed by atoms with Crippen LogP contribution in [0.3, 0.4) is 0 Å². The van der Waals surface area contributed by atoms with E-state index in [1.54, 1.807) is 4.68 Å². The molecule has 1 amide bonds. The van der Waals surface area contributed by atoms with Gasteiger partial charge in [0.2, 0.25) is 5.91 Å². The molecular formula is C12H20N4O. The van der Waals surface area contributed by atoms with Crippen LogP contribution in [0.4, 0.5) is 5.69 Å². The molecule has 1 unspecified atom stereocenters. The van der Waals surface area contributed by atoms with Crippen molar-refractivity contribution in [3.63, 3.8) is 0 Å². The van der Waals surface area contributed by atoms with E-state index in [-0.39, 0.29) is 11.4 Å². The maximum atomic E-state index is 12.3. The molecule has 1 saturated heterocycles. The average molecular weight is 236 g/mol. The predicted molar refractivity (Wildman–Crippen MR) is 66.8 cm³/mol. The molecule has 0 radical (unpaired) electrons. The van der Waals surface area contributed by atoms with Gasteiger partial charge in [0, 0.05) is 13.2 Å². The average Bonchev–Trinajstić information content (AvgIpc) is 2.87. The van der Waals surface area contributed by atoms with Crippen molar-refractivity contribution in [3.05, 3.63) is 11.9 Å². The molecule has 17 heavy (non-hydrogen) atoms. The van der Waals surface area contributed by atoms with Gasteiger partial charge in [-0.25, -0.2) is 0 Å². The second-order valence-electron chi connectivity index (χ2n) is 4.72. The van der Waals surface area contributed by atoms with Crippen molar-refractivity contribution in [1.29, 1.82) is 0 Å². The quantitative estimate of drug-likeness (QED) is 0.829. The molecule has 0 saturated carbocycles. The molecule has 94 valence electrons. The van der Waals surface area contributed by atoms with Gasteiger partial charge in [-0.2, -0.15) is 5.10 Å². The minimum Gasteiger partial charge on any atom is -0.322 e. The van der Waals surface area contributed by atoms with Crippen molar-refractivity contribution in [2.45, 2.75) is 38.6 Å². The number of nitrogens with zero attached hydrogens (tertiary/aromatic N) is 2. The van der Waals surface area contributed by atoms with E-state index in [9.17, 15) is 4.79 Å². The Morgan fingerprint density at radius 1 is 1.71 bits per heavy atom. The third-order valence-corrected chi connectivity index (χ3v) is 3.54. The molecule has 2 N–H and O–H groups in total. The standard InChI is InChI=1S/C12H20N4O/c1-4-12(6-5-7-13-12)11(17)14-10-8-16(3)15-9(10)2/h8,13H,4-7H2,1-3H3,(H,14,17). The molecule has 1 fully saturated rings. The first-order valence-electron chi connectivity index (χ1n) is 6.14. The predicted octanol–water partition coefficient (Wildman–Crippen LogP) is 1.20. The van der Waals surface area contributed by atoms with Gasteiger partial charge >= 0.3 is 0 Å². The number of carbonyl (C=O) groups excluding carboxylic acids is 1. The fourth-order valence-corrected chi connectivity index (χ4v) is 2.43. The fraction of sp³-hybridized carbons (Fsp3) is 0.667. The Morgan fingerprint density at radius 3 is 2.94 bits per heavy atom. The highest BCUT2D eigenvalue weighted by Gasteiger charge is 2.39. The summed E-state index contributed by atoms with van der Waals surface area (Å²) in [5, 5.41) is 10.5. The van der Waals surface area contributed by atoms with Gasteiger partial charge in [-0.3, -0.25) is 9.48 Å². The molecule has 0 aromatic carbocycles. The van der Waals surface area contributed by atoms with Gasteiger partial charge < -0.3 is 10.6 Å². The molecule has 0 spiro atoms. The van der Waals surface area contributed by atoms with E-state index in [0.717, 1.165) is 37.2 Å². The highest BCUT2D eigenvalue weighted by atomic mass is 16.2. The molecule has 5 heteroatoms. The first kappa shape index (κ1) is 12.1. The third kappa shape index (κ3) is 2.20. The van der Waals surface area contributed by atoms with Crippen LogP contribution in [0.25, 0.3) is 0 Å². The van der Waals surface area contributed by atoms with Crippen molar-refractivity contribution in [1.82, 2.24) is 15.1 Å². The lowest BCUT2D eigenvalue weighted by molar-refractivity contribution is -0.122. The topological polar surface area (TPSA) is 59.0 Å². The van der Waals surface area contributed by atoms with Gasteiger partial charge in [0.15, 0.2) is 0 Å². The molecular weight excluding hydrogens is 216 g/mol. The van der Waals surface area contributed by atoms with Crippen LogP contribution >= 0.6 is 0 Å². The van der Waals surface area contributed by atoms with E-state index in [1.165, 1.54) is 0 Å². The largest absolute Gasteiger partial charge is 0.322 e. The Kier molecular flexibility index (Phi) is 3.19. The van der Waals surface area contributed by atoms with E-state index < -0.39 is 0 Å². The summed E-state index contributed by atoms with van der Waals surface area (Å²) in [6, 6.07) is 0. The van der Waals surface area contributed by atoms with Crippen LogP contribution in [0.15, 0.2) is 6.20 Å². The Balaban J connectivity index is 2.13. The van der Waals surface area contributed by atoms with Crippen LogP contribution in [0.1, 0.15) is 31.9 Å². The van der Waals surface area contributed by atoms with Gasteiger partial charge in [0.25, 0.3) is 0 Å². The number of anilines is 1. The van der Waals surface area contributed by atoms with E-state index in [2.05, 4.69) is 15.7 Å². The Hall–Kier alpha value is -1.36. The first-order chi connectivity index (χ1) is 8.07. The van der Waals surface area contributed by atoms with Crippen LogP contribution in [0.5, 0.6) is 0 Å². The normalized spacial score (nSPS) is 23.9. The highest BCUT2D eigenvalue weighted by molar-refractivity contribution is 5.98. The number of rotatable bonds is 3. The monoisotopic (exact) mass is 236 g/mol. The van der Waals surface area contributed by atoms with Gasteiger partial charge in [-0.15, -0.1) is 0 Å².